The highest BCUT2D eigenvalue weighted by Gasteiger charge is 2.09. The molecular formula is C9H7N3O2S2. The van der Waals surface area contributed by atoms with E-state index in [2.05, 4.69) is 15.2 Å². The highest BCUT2D eigenvalue weighted by Crippen LogP contribution is 2.27. The summed E-state index contributed by atoms with van der Waals surface area (Å²) in [6, 6.07) is 3.06. The molecule has 0 unspecified atom stereocenters. The summed E-state index contributed by atoms with van der Waals surface area (Å²) in [5, 5.41) is 17.1. The highest BCUT2D eigenvalue weighted by atomic mass is 32.2. The molecule has 82 valence electrons. The van der Waals surface area contributed by atoms with Gasteiger partial charge < -0.3 is 5.11 Å². The second-order valence-corrected chi connectivity index (χ2v) is 5.05. The summed E-state index contributed by atoms with van der Waals surface area (Å²) in [4.78, 5) is 15.1. The molecule has 0 aliphatic heterocycles. The van der Waals surface area contributed by atoms with Crippen molar-refractivity contribution in [1.29, 1.82) is 0 Å². The SMILES string of the molecule is Cc1cc(C(=O)O)cc(Sc2nncs2)n1. The Morgan fingerprint density at radius 3 is 2.94 bits per heavy atom. The van der Waals surface area contributed by atoms with E-state index < -0.39 is 5.97 Å². The quantitative estimate of drug-likeness (QED) is 0.902. The van der Waals surface area contributed by atoms with Crippen molar-refractivity contribution in [2.75, 3.05) is 0 Å². The first-order chi connectivity index (χ1) is 7.65. The summed E-state index contributed by atoms with van der Waals surface area (Å²) in [7, 11) is 0. The fourth-order valence-corrected chi connectivity index (χ4v) is 2.61. The molecule has 2 aromatic heterocycles. The van der Waals surface area contributed by atoms with E-state index in [0.717, 1.165) is 4.34 Å². The van der Waals surface area contributed by atoms with Crippen molar-refractivity contribution in [2.45, 2.75) is 16.3 Å². The van der Waals surface area contributed by atoms with Gasteiger partial charge in [0.05, 0.1) is 5.56 Å². The number of pyridine rings is 1. The molecule has 0 fully saturated rings. The van der Waals surface area contributed by atoms with Gasteiger partial charge in [-0.15, -0.1) is 10.2 Å². The van der Waals surface area contributed by atoms with Gasteiger partial charge in [0, 0.05) is 5.69 Å². The van der Waals surface area contributed by atoms with Crippen LogP contribution in [0.15, 0.2) is 27.0 Å². The van der Waals surface area contributed by atoms with Crippen LogP contribution in [0.2, 0.25) is 0 Å². The molecule has 0 atom stereocenters. The number of aromatic nitrogens is 3. The largest absolute Gasteiger partial charge is 0.478 e. The lowest BCUT2D eigenvalue weighted by Crippen LogP contribution is -1.98. The number of carbonyl (C=O) groups is 1. The number of carboxylic acids is 1. The molecule has 0 radical (unpaired) electrons. The van der Waals surface area contributed by atoms with Crippen molar-refractivity contribution in [1.82, 2.24) is 15.2 Å². The van der Waals surface area contributed by atoms with Crippen molar-refractivity contribution < 1.29 is 9.90 Å². The number of carboxylic acid groups (broad SMARTS) is 1. The van der Waals surface area contributed by atoms with Crippen molar-refractivity contribution >= 4 is 29.1 Å². The smallest absolute Gasteiger partial charge is 0.335 e. The summed E-state index contributed by atoms with van der Waals surface area (Å²) in [6.07, 6.45) is 0. The van der Waals surface area contributed by atoms with Crippen LogP contribution in [0.3, 0.4) is 0 Å². The third kappa shape index (κ3) is 2.56. The van der Waals surface area contributed by atoms with Gasteiger partial charge in [0.1, 0.15) is 10.5 Å². The number of hydrogen-bond donors (Lipinski definition) is 1. The number of rotatable bonds is 3. The maximum atomic E-state index is 10.8. The molecule has 2 heterocycles. The Labute approximate surface area is 99.6 Å². The first-order valence-corrected chi connectivity index (χ1v) is 6.01. The predicted molar refractivity (Wildman–Crippen MR) is 60.0 cm³/mol. The Hall–Kier alpha value is -1.47. The summed E-state index contributed by atoms with van der Waals surface area (Å²) < 4.78 is 0.745. The van der Waals surface area contributed by atoms with Gasteiger partial charge in [-0.25, -0.2) is 9.78 Å². The molecule has 5 nitrogen and oxygen atoms in total. The van der Waals surface area contributed by atoms with E-state index in [-0.39, 0.29) is 5.56 Å². The van der Waals surface area contributed by atoms with E-state index >= 15 is 0 Å². The third-order valence-corrected chi connectivity index (χ3v) is 3.40. The van der Waals surface area contributed by atoms with Gasteiger partial charge in [-0.05, 0) is 30.8 Å². The van der Waals surface area contributed by atoms with E-state index in [1.54, 1.807) is 12.4 Å². The predicted octanol–water partition coefficient (Wildman–Crippen LogP) is 2.09. The van der Waals surface area contributed by atoms with Crippen molar-refractivity contribution in [2.24, 2.45) is 0 Å². The Balaban J connectivity index is 2.31. The van der Waals surface area contributed by atoms with E-state index in [0.29, 0.717) is 10.7 Å². The number of hydrogen-bond acceptors (Lipinski definition) is 6. The molecule has 0 bridgehead atoms. The normalized spacial score (nSPS) is 10.3. The van der Waals surface area contributed by atoms with Crippen molar-refractivity contribution in [3.05, 3.63) is 28.9 Å². The lowest BCUT2D eigenvalue weighted by molar-refractivity contribution is 0.0696. The molecule has 2 aromatic rings. The zero-order valence-electron chi connectivity index (χ0n) is 8.25. The molecule has 0 aromatic carbocycles. The van der Waals surface area contributed by atoms with Crippen LogP contribution < -0.4 is 0 Å². The molecule has 0 saturated carbocycles. The monoisotopic (exact) mass is 253 g/mol. The Bertz CT molecular complexity index is 513. The van der Waals surface area contributed by atoms with Gasteiger partial charge >= 0.3 is 5.97 Å². The van der Waals surface area contributed by atoms with E-state index in [9.17, 15) is 4.79 Å². The van der Waals surface area contributed by atoms with Gasteiger partial charge in [0.2, 0.25) is 0 Å². The summed E-state index contributed by atoms with van der Waals surface area (Å²) >= 11 is 2.70. The van der Waals surface area contributed by atoms with Gasteiger partial charge in [0.15, 0.2) is 4.34 Å². The topological polar surface area (TPSA) is 76.0 Å². The average Bonchev–Trinajstić information content (AvgIpc) is 2.69. The fraction of sp³-hybridized carbons (Fsp3) is 0.111. The maximum Gasteiger partial charge on any atom is 0.335 e. The zero-order valence-corrected chi connectivity index (χ0v) is 9.88. The minimum atomic E-state index is -0.954. The van der Waals surface area contributed by atoms with Crippen LogP contribution in [0.5, 0.6) is 0 Å². The van der Waals surface area contributed by atoms with Crippen LogP contribution in [0, 0.1) is 6.92 Å². The Kier molecular flexibility index (Phi) is 3.16. The molecule has 0 aliphatic carbocycles. The first-order valence-electron chi connectivity index (χ1n) is 4.31. The Morgan fingerprint density at radius 1 is 1.50 bits per heavy atom. The van der Waals surface area contributed by atoms with Crippen LogP contribution in [0.4, 0.5) is 0 Å². The van der Waals surface area contributed by atoms with Gasteiger partial charge in [0.25, 0.3) is 0 Å². The minimum absolute atomic E-state index is 0.236. The van der Waals surface area contributed by atoms with Gasteiger partial charge in [-0.3, -0.25) is 0 Å². The van der Waals surface area contributed by atoms with E-state index in [4.69, 9.17) is 5.11 Å². The van der Waals surface area contributed by atoms with Crippen LogP contribution in [0.25, 0.3) is 0 Å². The van der Waals surface area contributed by atoms with E-state index in [1.807, 2.05) is 0 Å². The number of aromatic carboxylic acids is 1. The number of nitrogens with zero attached hydrogens (tertiary/aromatic N) is 3. The van der Waals surface area contributed by atoms with Crippen LogP contribution in [-0.4, -0.2) is 26.3 Å². The second-order valence-electron chi connectivity index (χ2n) is 2.95. The standard InChI is InChI=1S/C9H7N3O2S2/c1-5-2-6(8(13)14)3-7(11-5)16-9-12-10-4-15-9/h2-4H,1H3,(H,13,14). The highest BCUT2D eigenvalue weighted by molar-refractivity contribution is 8.00. The average molecular weight is 253 g/mol. The molecule has 2 rings (SSSR count). The lowest BCUT2D eigenvalue weighted by atomic mass is 10.2. The minimum Gasteiger partial charge on any atom is -0.478 e. The summed E-state index contributed by atoms with van der Waals surface area (Å²) in [6.45, 7) is 1.76. The maximum absolute atomic E-state index is 10.8. The van der Waals surface area contributed by atoms with Crippen LogP contribution in [-0.2, 0) is 0 Å². The lowest BCUT2D eigenvalue weighted by Gasteiger charge is -2.01. The summed E-state index contributed by atoms with van der Waals surface area (Å²) in [5.74, 6) is -0.954. The Morgan fingerprint density at radius 2 is 2.31 bits per heavy atom. The van der Waals surface area contributed by atoms with Gasteiger partial charge in [-0.1, -0.05) is 11.3 Å². The van der Waals surface area contributed by atoms with Crippen LogP contribution in [0.1, 0.15) is 16.1 Å². The summed E-state index contributed by atoms with van der Waals surface area (Å²) in [5.41, 5.74) is 2.53. The van der Waals surface area contributed by atoms with E-state index in [1.165, 1.54) is 35.2 Å². The van der Waals surface area contributed by atoms with Crippen molar-refractivity contribution in [3.8, 4) is 0 Å². The molecule has 7 heteroatoms. The molecule has 0 spiro atoms. The second kappa shape index (κ2) is 4.58. The van der Waals surface area contributed by atoms with Crippen molar-refractivity contribution in [3.63, 3.8) is 0 Å². The number of aryl methyl sites for hydroxylation is 1. The van der Waals surface area contributed by atoms with Crippen LogP contribution >= 0.6 is 23.1 Å². The molecule has 16 heavy (non-hydrogen) atoms. The third-order valence-electron chi connectivity index (χ3n) is 1.71. The molecule has 1 N–H and O–H groups in total. The molecular weight excluding hydrogens is 246 g/mol. The fourth-order valence-electron chi connectivity index (χ4n) is 1.11. The molecule has 0 aliphatic rings. The zero-order chi connectivity index (χ0) is 11.5. The molecule has 0 saturated heterocycles. The van der Waals surface area contributed by atoms with Gasteiger partial charge in [-0.2, -0.15) is 0 Å². The molecule has 0 amide bonds. The first kappa shape index (κ1) is 11.0.